The van der Waals surface area contributed by atoms with Gasteiger partial charge in [-0.3, -0.25) is 4.90 Å². The van der Waals surface area contributed by atoms with Crippen molar-refractivity contribution in [1.29, 1.82) is 0 Å². The van der Waals surface area contributed by atoms with Crippen molar-refractivity contribution in [1.82, 2.24) is 9.21 Å². The fourth-order valence-corrected chi connectivity index (χ4v) is 6.33. The van der Waals surface area contributed by atoms with Gasteiger partial charge in [0.1, 0.15) is 4.21 Å². The number of nitrogens with zero attached hydrogens (tertiary/aromatic N) is 2. The van der Waals surface area contributed by atoms with Crippen LogP contribution in [-0.2, 0) is 16.6 Å². The van der Waals surface area contributed by atoms with E-state index in [4.69, 9.17) is 5.11 Å². The fourth-order valence-electron chi connectivity index (χ4n) is 3.35. The molecule has 2 aliphatic rings. The zero-order valence-corrected chi connectivity index (χ0v) is 13.9. The molecule has 7 heteroatoms. The predicted octanol–water partition coefficient (Wildman–Crippen LogP) is 1.49. The fraction of sp³-hybridized carbons (Fsp3) is 0.714. The number of aliphatic hydroxyl groups is 1. The van der Waals surface area contributed by atoms with Gasteiger partial charge in [0, 0.05) is 25.2 Å². The monoisotopic (exact) mass is 330 g/mol. The van der Waals surface area contributed by atoms with Crippen LogP contribution in [0.1, 0.15) is 31.7 Å². The van der Waals surface area contributed by atoms with E-state index in [1.807, 2.05) is 6.92 Å². The van der Waals surface area contributed by atoms with Crippen molar-refractivity contribution >= 4 is 21.4 Å². The smallest absolute Gasteiger partial charge is 0.252 e. The van der Waals surface area contributed by atoms with E-state index in [0.717, 1.165) is 19.5 Å². The summed E-state index contributed by atoms with van der Waals surface area (Å²) in [5.41, 5.74) is 0.669. The summed E-state index contributed by atoms with van der Waals surface area (Å²) in [6, 6.07) is 1.96. The predicted molar refractivity (Wildman–Crippen MR) is 82.8 cm³/mol. The Bertz CT molecular complexity index is 599. The Hall–Kier alpha value is -0.470. The number of sulfonamides is 1. The molecule has 3 heterocycles. The zero-order chi connectivity index (χ0) is 15.0. The van der Waals surface area contributed by atoms with Gasteiger partial charge in [-0.1, -0.05) is 6.42 Å². The lowest BCUT2D eigenvalue weighted by molar-refractivity contribution is 0.0565. The zero-order valence-electron chi connectivity index (χ0n) is 12.2. The van der Waals surface area contributed by atoms with Crippen LogP contribution >= 0.6 is 11.3 Å². The van der Waals surface area contributed by atoms with Crippen LogP contribution in [-0.4, -0.2) is 54.4 Å². The number of piperazine rings is 1. The second kappa shape index (κ2) is 5.96. The van der Waals surface area contributed by atoms with Gasteiger partial charge < -0.3 is 5.11 Å². The highest BCUT2D eigenvalue weighted by Gasteiger charge is 2.39. The van der Waals surface area contributed by atoms with E-state index in [1.165, 1.54) is 24.2 Å². The summed E-state index contributed by atoms with van der Waals surface area (Å²) in [7, 11) is -3.44. The van der Waals surface area contributed by atoms with Crippen LogP contribution < -0.4 is 0 Å². The van der Waals surface area contributed by atoms with Gasteiger partial charge in [0.2, 0.25) is 0 Å². The quantitative estimate of drug-likeness (QED) is 0.912. The van der Waals surface area contributed by atoms with Crippen molar-refractivity contribution < 1.29 is 13.5 Å². The van der Waals surface area contributed by atoms with Gasteiger partial charge >= 0.3 is 0 Å². The maximum atomic E-state index is 12.8. The summed E-state index contributed by atoms with van der Waals surface area (Å²) < 4.78 is 27.7. The van der Waals surface area contributed by atoms with Crippen LogP contribution in [0.25, 0.3) is 0 Å². The molecule has 118 valence electrons. The molecule has 2 atom stereocenters. The first-order valence-electron chi connectivity index (χ1n) is 7.46. The molecular formula is C14H22N2O3S2. The van der Waals surface area contributed by atoms with Gasteiger partial charge in [0.05, 0.1) is 6.61 Å². The normalized spacial score (nSPS) is 28.5. The highest BCUT2D eigenvalue weighted by molar-refractivity contribution is 7.91. The SMILES string of the molecule is CC1CN2CCCCC2CN1S(=O)(=O)c1cc(CO)cs1. The molecule has 0 bridgehead atoms. The maximum Gasteiger partial charge on any atom is 0.252 e. The summed E-state index contributed by atoms with van der Waals surface area (Å²) in [6.45, 7) is 4.38. The van der Waals surface area contributed by atoms with Gasteiger partial charge in [0.25, 0.3) is 10.0 Å². The van der Waals surface area contributed by atoms with E-state index < -0.39 is 10.0 Å². The Morgan fingerprint density at radius 3 is 2.90 bits per heavy atom. The van der Waals surface area contributed by atoms with Crippen LogP contribution in [0.15, 0.2) is 15.7 Å². The third-order valence-electron chi connectivity index (χ3n) is 4.51. The number of hydrogen-bond acceptors (Lipinski definition) is 5. The summed E-state index contributed by atoms with van der Waals surface area (Å²) in [6.07, 6.45) is 3.50. The number of thiophene rings is 1. The van der Waals surface area contributed by atoms with Crippen LogP contribution in [0.2, 0.25) is 0 Å². The molecule has 1 aromatic rings. The van der Waals surface area contributed by atoms with Crippen LogP contribution in [0.3, 0.4) is 0 Å². The number of fused-ring (bicyclic) bond motifs is 1. The van der Waals surface area contributed by atoms with E-state index in [2.05, 4.69) is 4.90 Å². The summed E-state index contributed by atoms with van der Waals surface area (Å²) in [5.74, 6) is 0. The van der Waals surface area contributed by atoms with Crippen molar-refractivity contribution in [2.75, 3.05) is 19.6 Å². The third kappa shape index (κ3) is 2.90. The molecule has 0 aromatic carbocycles. The van der Waals surface area contributed by atoms with Gasteiger partial charge in [-0.2, -0.15) is 4.31 Å². The van der Waals surface area contributed by atoms with Crippen LogP contribution in [0, 0.1) is 0 Å². The average molecular weight is 330 g/mol. The molecule has 0 aliphatic carbocycles. The van der Waals surface area contributed by atoms with Crippen molar-refractivity contribution in [2.45, 2.75) is 49.1 Å². The molecule has 5 nitrogen and oxygen atoms in total. The Balaban J connectivity index is 1.84. The summed E-state index contributed by atoms with van der Waals surface area (Å²) >= 11 is 1.20. The lowest BCUT2D eigenvalue weighted by atomic mass is 9.99. The van der Waals surface area contributed by atoms with E-state index in [0.29, 0.717) is 22.4 Å². The molecule has 1 aromatic heterocycles. The third-order valence-corrected chi connectivity index (χ3v) is 7.95. The highest BCUT2D eigenvalue weighted by atomic mass is 32.2. The molecule has 0 amide bonds. The van der Waals surface area contributed by atoms with Gasteiger partial charge in [0.15, 0.2) is 0 Å². The van der Waals surface area contributed by atoms with Crippen molar-refractivity contribution in [3.05, 3.63) is 17.0 Å². The second-order valence-corrected chi connectivity index (χ2v) is 9.03. The van der Waals surface area contributed by atoms with E-state index in [9.17, 15) is 8.42 Å². The van der Waals surface area contributed by atoms with E-state index in [-0.39, 0.29) is 12.6 Å². The van der Waals surface area contributed by atoms with Gasteiger partial charge in [-0.05, 0) is 43.3 Å². The molecule has 21 heavy (non-hydrogen) atoms. The molecule has 0 radical (unpaired) electrons. The summed E-state index contributed by atoms with van der Waals surface area (Å²) in [5, 5.41) is 10.8. The molecule has 0 spiro atoms. The van der Waals surface area contributed by atoms with E-state index >= 15 is 0 Å². The Morgan fingerprint density at radius 2 is 2.19 bits per heavy atom. The molecule has 0 saturated carbocycles. The Labute approximate surface area is 130 Å². The van der Waals surface area contributed by atoms with Crippen LogP contribution in [0.5, 0.6) is 0 Å². The molecule has 1 N–H and O–H groups in total. The molecular weight excluding hydrogens is 308 g/mol. The largest absolute Gasteiger partial charge is 0.392 e. The van der Waals surface area contributed by atoms with Crippen molar-refractivity contribution in [3.8, 4) is 0 Å². The summed E-state index contributed by atoms with van der Waals surface area (Å²) in [4.78, 5) is 2.44. The van der Waals surface area contributed by atoms with Crippen molar-refractivity contribution in [2.24, 2.45) is 0 Å². The Morgan fingerprint density at radius 1 is 1.38 bits per heavy atom. The molecule has 2 unspecified atom stereocenters. The number of hydrogen-bond donors (Lipinski definition) is 1. The molecule has 2 aliphatic heterocycles. The maximum absolute atomic E-state index is 12.8. The number of aliphatic hydroxyl groups excluding tert-OH is 1. The lowest BCUT2D eigenvalue weighted by Crippen LogP contribution is -2.59. The highest BCUT2D eigenvalue weighted by Crippen LogP contribution is 2.30. The first-order chi connectivity index (χ1) is 10.0. The number of rotatable bonds is 3. The first-order valence-corrected chi connectivity index (χ1v) is 9.78. The second-order valence-electron chi connectivity index (χ2n) is 6.00. The van der Waals surface area contributed by atoms with Gasteiger partial charge in [-0.25, -0.2) is 8.42 Å². The minimum absolute atomic E-state index is 0.00373. The molecule has 2 saturated heterocycles. The van der Waals surface area contributed by atoms with Gasteiger partial charge in [-0.15, -0.1) is 11.3 Å². The average Bonchev–Trinajstić information content (AvgIpc) is 2.96. The Kier molecular flexibility index (Phi) is 4.38. The van der Waals surface area contributed by atoms with Crippen LogP contribution in [0.4, 0.5) is 0 Å². The number of piperidine rings is 1. The van der Waals surface area contributed by atoms with Crippen molar-refractivity contribution in [3.63, 3.8) is 0 Å². The lowest BCUT2D eigenvalue weighted by Gasteiger charge is -2.46. The molecule has 2 fully saturated rings. The molecule has 3 rings (SSSR count). The minimum Gasteiger partial charge on any atom is -0.392 e. The van der Waals surface area contributed by atoms with E-state index in [1.54, 1.807) is 15.8 Å². The first kappa shape index (κ1) is 15.4. The topological polar surface area (TPSA) is 60.9 Å². The standard InChI is InChI=1S/C14H22N2O3S2/c1-11-7-15-5-3-2-4-13(15)8-16(11)21(18,19)14-6-12(9-17)10-20-14/h6,10-11,13,17H,2-5,7-9H2,1H3. The minimum atomic E-state index is -3.44.